The molecule has 0 aromatic heterocycles. The van der Waals surface area contributed by atoms with Crippen molar-refractivity contribution in [1.29, 1.82) is 0 Å². The average molecular weight is 292 g/mol. The first-order chi connectivity index (χ1) is 9.76. The molecule has 0 unspecified atom stereocenters. The highest BCUT2D eigenvalue weighted by molar-refractivity contribution is 6.30. The van der Waals surface area contributed by atoms with Gasteiger partial charge >= 0.3 is 0 Å². The SMILES string of the molecule is Clc1ccc(CCNC2CCC3(CCCC3)CC2)cc1. The zero-order valence-electron chi connectivity index (χ0n) is 12.3. The fourth-order valence-electron chi connectivity index (χ4n) is 4.13. The van der Waals surface area contributed by atoms with E-state index in [4.69, 9.17) is 11.6 Å². The number of benzene rings is 1. The number of halogens is 1. The van der Waals surface area contributed by atoms with Crippen molar-refractivity contribution < 1.29 is 0 Å². The summed E-state index contributed by atoms with van der Waals surface area (Å²) in [5.74, 6) is 0. The summed E-state index contributed by atoms with van der Waals surface area (Å²) in [6, 6.07) is 9.01. The van der Waals surface area contributed by atoms with Crippen molar-refractivity contribution >= 4 is 11.6 Å². The lowest BCUT2D eigenvalue weighted by molar-refractivity contribution is 0.169. The number of hydrogen-bond acceptors (Lipinski definition) is 1. The van der Waals surface area contributed by atoms with Gasteiger partial charge in [0.2, 0.25) is 0 Å². The van der Waals surface area contributed by atoms with Gasteiger partial charge in [0.15, 0.2) is 0 Å². The lowest BCUT2D eigenvalue weighted by Gasteiger charge is -2.37. The largest absolute Gasteiger partial charge is 0.314 e. The lowest BCUT2D eigenvalue weighted by Crippen LogP contribution is -2.37. The molecule has 2 heteroatoms. The minimum absolute atomic E-state index is 0.758. The molecule has 1 nitrogen and oxygen atoms in total. The Bertz CT molecular complexity index is 410. The standard InChI is InChI=1S/C18H26ClN/c19-16-5-3-15(4-6-16)9-14-20-17-7-12-18(13-8-17)10-1-2-11-18/h3-6,17,20H,1-2,7-14H2. The van der Waals surface area contributed by atoms with Crippen LogP contribution in [0.25, 0.3) is 0 Å². The van der Waals surface area contributed by atoms with Crippen LogP contribution in [0, 0.1) is 5.41 Å². The van der Waals surface area contributed by atoms with Crippen molar-refractivity contribution in [1.82, 2.24) is 5.32 Å². The average Bonchev–Trinajstić information content (AvgIpc) is 2.92. The summed E-state index contributed by atoms with van der Waals surface area (Å²) in [6.07, 6.45) is 12.8. The van der Waals surface area contributed by atoms with Crippen LogP contribution in [0.1, 0.15) is 56.9 Å². The summed E-state index contributed by atoms with van der Waals surface area (Å²) in [4.78, 5) is 0. The predicted molar refractivity (Wildman–Crippen MR) is 86.3 cm³/mol. The molecule has 2 aliphatic rings. The highest BCUT2D eigenvalue weighted by atomic mass is 35.5. The van der Waals surface area contributed by atoms with Gasteiger partial charge in [-0.2, -0.15) is 0 Å². The van der Waals surface area contributed by atoms with E-state index >= 15 is 0 Å². The lowest BCUT2D eigenvalue weighted by atomic mass is 9.71. The summed E-state index contributed by atoms with van der Waals surface area (Å²) >= 11 is 5.91. The molecule has 2 fully saturated rings. The molecule has 2 saturated carbocycles. The van der Waals surface area contributed by atoms with Gasteiger partial charge in [-0.25, -0.2) is 0 Å². The third-order valence-electron chi connectivity index (χ3n) is 5.47. The molecule has 1 spiro atoms. The maximum atomic E-state index is 5.91. The van der Waals surface area contributed by atoms with E-state index in [1.54, 1.807) is 0 Å². The van der Waals surface area contributed by atoms with Crippen molar-refractivity contribution in [3.8, 4) is 0 Å². The van der Waals surface area contributed by atoms with Gasteiger partial charge in [-0.3, -0.25) is 0 Å². The maximum Gasteiger partial charge on any atom is 0.0406 e. The second-order valence-electron chi connectivity index (χ2n) is 6.81. The van der Waals surface area contributed by atoms with E-state index in [-0.39, 0.29) is 0 Å². The van der Waals surface area contributed by atoms with E-state index in [1.807, 2.05) is 12.1 Å². The Morgan fingerprint density at radius 3 is 2.30 bits per heavy atom. The molecule has 2 aliphatic carbocycles. The molecule has 0 atom stereocenters. The molecule has 0 aliphatic heterocycles. The molecule has 0 heterocycles. The Hall–Kier alpha value is -0.530. The van der Waals surface area contributed by atoms with Gasteiger partial charge in [0, 0.05) is 11.1 Å². The van der Waals surface area contributed by atoms with Crippen molar-refractivity contribution in [2.24, 2.45) is 5.41 Å². The fraction of sp³-hybridized carbons (Fsp3) is 0.667. The normalized spacial score (nSPS) is 22.4. The topological polar surface area (TPSA) is 12.0 Å². The van der Waals surface area contributed by atoms with Crippen molar-refractivity contribution in [2.45, 2.75) is 63.8 Å². The number of nitrogens with one attached hydrogen (secondary N) is 1. The maximum absolute atomic E-state index is 5.91. The van der Waals surface area contributed by atoms with Crippen molar-refractivity contribution in [2.75, 3.05) is 6.54 Å². The molecule has 20 heavy (non-hydrogen) atoms. The minimum atomic E-state index is 0.758. The molecule has 0 bridgehead atoms. The first-order valence-electron chi connectivity index (χ1n) is 8.24. The molecule has 1 N–H and O–H groups in total. The number of rotatable bonds is 4. The van der Waals surface area contributed by atoms with E-state index in [0.717, 1.165) is 29.4 Å². The summed E-state index contributed by atoms with van der Waals surface area (Å²) in [7, 11) is 0. The molecule has 1 aromatic carbocycles. The van der Waals surface area contributed by atoms with Crippen LogP contribution in [0.2, 0.25) is 5.02 Å². The van der Waals surface area contributed by atoms with Crippen LogP contribution in [0.4, 0.5) is 0 Å². The zero-order chi connectivity index (χ0) is 13.8. The van der Waals surface area contributed by atoms with Gasteiger partial charge < -0.3 is 5.32 Å². The van der Waals surface area contributed by atoms with Gasteiger partial charge in [0.1, 0.15) is 0 Å². The van der Waals surface area contributed by atoms with Gasteiger partial charge in [-0.15, -0.1) is 0 Å². The van der Waals surface area contributed by atoms with Crippen LogP contribution in [-0.2, 0) is 6.42 Å². The molecular weight excluding hydrogens is 266 g/mol. The van der Waals surface area contributed by atoms with Crippen LogP contribution >= 0.6 is 11.6 Å². The summed E-state index contributed by atoms with van der Waals surface area (Å²) in [5.41, 5.74) is 2.14. The first kappa shape index (κ1) is 14.4. The molecular formula is C18H26ClN. The molecule has 1 aromatic rings. The predicted octanol–water partition coefficient (Wildman–Crippen LogP) is 4.98. The Balaban J connectivity index is 1.38. The van der Waals surface area contributed by atoms with E-state index in [1.165, 1.54) is 56.9 Å². The van der Waals surface area contributed by atoms with Gasteiger partial charge in [-0.05, 0) is 74.6 Å². The van der Waals surface area contributed by atoms with E-state index in [9.17, 15) is 0 Å². The van der Waals surface area contributed by atoms with Crippen LogP contribution in [0.3, 0.4) is 0 Å². The molecule has 3 rings (SSSR count). The molecule has 0 amide bonds. The second-order valence-corrected chi connectivity index (χ2v) is 7.25. The van der Waals surface area contributed by atoms with Crippen LogP contribution in [-0.4, -0.2) is 12.6 Å². The van der Waals surface area contributed by atoms with Crippen LogP contribution in [0.15, 0.2) is 24.3 Å². The third kappa shape index (κ3) is 3.56. The summed E-state index contributed by atoms with van der Waals surface area (Å²) < 4.78 is 0. The van der Waals surface area contributed by atoms with Gasteiger partial charge in [0.25, 0.3) is 0 Å². The Labute approximate surface area is 128 Å². The molecule has 0 radical (unpaired) electrons. The monoisotopic (exact) mass is 291 g/mol. The van der Waals surface area contributed by atoms with E-state index in [0.29, 0.717) is 0 Å². The minimum Gasteiger partial charge on any atom is -0.314 e. The summed E-state index contributed by atoms with van der Waals surface area (Å²) in [6.45, 7) is 1.10. The number of hydrogen-bond donors (Lipinski definition) is 1. The quantitative estimate of drug-likeness (QED) is 0.825. The van der Waals surface area contributed by atoms with Gasteiger partial charge in [-0.1, -0.05) is 36.6 Å². The van der Waals surface area contributed by atoms with Crippen molar-refractivity contribution in [3.63, 3.8) is 0 Å². The van der Waals surface area contributed by atoms with Crippen molar-refractivity contribution in [3.05, 3.63) is 34.9 Å². The van der Waals surface area contributed by atoms with Gasteiger partial charge in [0.05, 0.1) is 0 Å². The third-order valence-corrected chi connectivity index (χ3v) is 5.72. The highest BCUT2D eigenvalue weighted by Crippen LogP contribution is 2.48. The smallest absolute Gasteiger partial charge is 0.0406 e. The van der Waals surface area contributed by atoms with Crippen LogP contribution in [0.5, 0.6) is 0 Å². The Morgan fingerprint density at radius 1 is 1.00 bits per heavy atom. The van der Waals surface area contributed by atoms with Crippen LogP contribution < -0.4 is 5.32 Å². The summed E-state index contributed by atoms with van der Waals surface area (Å²) in [5, 5.41) is 4.59. The first-order valence-corrected chi connectivity index (χ1v) is 8.61. The highest BCUT2D eigenvalue weighted by Gasteiger charge is 2.37. The Morgan fingerprint density at radius 2 is 1.65 bits per heavy atom. The van der Waals surface area contributed by atoms with E-state index in [2.05, 4.69) is 17.4 Å². The van der Waals surface area contributed by atoms with E-state index < -0.39 is 0 Å². The molecule has 0 saturated heterocycles. The Kier molecular flexibility index (Phi) is 4.68. The zero-order valence-corrected chi connectivity index (χ0v) is 13.1. The molecule has 110 valence electrons. The second kappa shape index (κ2) is 6.49. The fourth-order valence-corrected chi connectivity index (χ4v) is 4.26.